The highest BCUT2D eigenvalue weighted by molar-refractivity contribution is 4.96. The van der Waals surface area contributed by atoms with Crippen LogP contribution in [0.1, 0.15) is 0 Å². The van der Waals surface area contributed by atoms with Crippen molar-refractivity contribution in [3.63, 3.8) is 0 Å². The average Bonchev–Trinajstić information content (AvgIpc) is 2.16. The summed E-state index contributed by atoms with van der Waals surface area (Å²) in [6.07, 6.45) is -3.48. The zero-order valence-electron chi connectivity index (χ0n) is 8.13. The highest BCUT2D eigenvalue weighted by atomic mass is 19.4. The summed E-state index contributed by atoms with van der Waals surface area (Å²) in [6, 6.07) is 1.98. The van der Waals surface area contributed by atoms with Gasteiger partial charge in [0.05, 0.1) is 6.61 Å². The molecule has 0 saturated heterocycles. The predicted molar refractivity (Wildman–Crippen MR) is 47.5 cm³/mol. The molecule has 90 valence electrons. The molecule has 0 N–H and O–H groups in total. The molecule has 0 bridgehead atoms. The molecule has 0 aromatic carbocycles. The topological polar surface area (TPSA) is 31.2 Å². The van der Waals surface area contributed by atoms with Gasteiger partial charge in [0.15, 0.2) is 0 Å². The maximum absolute atomic E-state index is 12.7. The molecule has 1 aromatic rings. The summed E-state index contributed by atoms with van der Waals surface area (Å²) in [5.74, 6) is -0.629. The highest BCUT2D eigenvalue weighted by Gasteiger charge is 2.27. The lowest BCUT2D eigenvalue weighted by molar-refractivity contribution is -0.174. The quantitative estimate of drug-likeness (QED) is 0.590. The standard InChI is InChI=1S/C9H9F4NO2/c10-7-1-2-8(15)14(5-7)3-4-16-6-9(11,12)13/h1-2,5H,3-4,6H2. The third kappa shape index (κ3) is 4.43. The minimum absolute atomic E-state index is 0.118. The van der Waals surface area contributed by atoms with Gasteiger partial charge in [-0.1, -0.05) is 0 Å². The van der Waals surface area contributed by atoms with Crippen molar-refractivity contribution in [2.24, 2.45) is 0 Å². The molecule has 0 amide bonds. The molecule has 0 fully saturated rings. The van der Waals surface area contributed by atoms with E-state index in [1.165, 1.54) is 0 Å². The molecule has 3 nitrogen and oxygen atoms in total. The monoisotopic (exact) mass is 239 g/mol. The van der Waals surface area contributed by atoms with Gasteiger partial charge in [0.1, 0.15) is 12.4 Å². The number of hydrogen-bond donors (Lipinski definition) is 0. The van der Waals surface area contributed by atoms with Gasteiger partial charge in [-0.15, -0.1) is 0 Å². The van der Waals surface area contributed by atoms with E-state index in [0.717, 1.165) is 22.9 Å². The Morgan fingerprint density at radius 2 is 2.00 bits per heavy atom. The summed E-state index contributed by atoms with van der Waals surface area (Å²) in [4.78, 5) is 11.1. The van der Waals surface area contributed by atoms with Crippen LogP contribution in [0, 0.1) is 5.82 Å². The number of nitrogens with zero attached hydrogens (tertiary/aromatic N) is 1. The molecule has 0 aliphatic rings. The largest absolute Gasteiger partial charge is 0.411 e. The molecule has 0 unspecified atom stereocenters. The van der Waals surface area contributed by atoms with E-state index >= 15 is 0 Å². The van der Waals surface area contributed by atoms with E-state index in [2.05, 4.69) is 4.74 Å². The van der Waals surface area contributed by atoms with E-state index in [4.69, 9.17) is 0 Å². The Morgan fingerprint density at radius 1 is 1.31 bits per heavy atom. The number of pyridine rings is 1. The first-order valence-corrected chi connectivity index (χ1v) is 4.39. The van der Waals surface area contributed by atoms with Gasteiger partial charge in [-0.2, -0.15) is 13.2 Å². The number of aromatic nitrogens is 1. The fourth-order valence-electron chi connectivity index (χ4n) is 1.03. The van der Waals surface area contributed by atoms with Crippen LogP contribution in [0.4, 0.5) is 17.6 Å². The number of alkyl halides is 3. The first-order valence-electron chi connectivity index (χ1n) is 4.39. The van der Waals surface area contributed by atoms with Crippen molar-refractivity contribution in [1.82, 2.24) is 4.57 Å². The lowest BCUT2D eigenvalue weighted by Crippen LogP contribution is -2.24. The average molecular weight is 239 g/mol. The maximum atomic E-state index is 12.7. The summed E-state index contributed by atoms with van der Waals surface area (Å²) in [5.41, 5.74) is -0.489. The van der Waals surface area contributed by atoms with Crippen LogP contribution in [0.5, 0.6) is 0 Å². The van der Waals surface area contributed by atoms with Crippen molar-refractivity contribution < 1.29 is 22.3 Å². The van der Waals surface area contributed by atoms with Crippen LogP contribution >= 0.6 is 0 Å². The van der Waals surface area contributed by atoms with Gasteiger partial charge in [-0.25, -0.2) is 4.39 Å². The van der Waals surface area contributed by atoms with Crippen LogP contribution in [-0.2, 0) is 11.3 Å². The van der Waals surface area contributed by atoms with Crippen molar-refractivity contribution in [2.45, 2.75) is 12.7 Å². The predicted octanol–water partition coefficient (Wildman–Crippen LogP) is 1.57. The third-order valence-corrected chi connectivity index (χ3v) is 1.69. The van der Waals surface area contributed by atoms with Crippen LogP contribution in [0.3, 0.4) is 0 Å². The zero-order valence-corrected chi connectivity index (χ0v) is 8.13. The molecule has 1 aromatic heterocycles. The first kappa shape index (κ1) is 12.7. The zero-order chi connectivity index (χ0) is 12.2. The Hall–Kier alpha value is -1.37. The van der Waals surface area contributed by atoms with Gasteiger partial charge in [0, 0.05) is 18.8 Å². The van der Waals surface area contributed by atoms with E-state index in [1.807, 2.05) is 0 Å². The van der Waals surface area contributed by atoms with E-state index in [1.54, 1.807) is 0 Å². The second-order valence-electron chi connectivity index (χ2n) is 3.05. The summed E-state index contributed by atoms with van der Waals surface area (Å²) in [5, 5.41) is 0. The smallest absolute Gasteiger partial charge is 0.370 e. The van der Waals surface area contributed by atoms with Crippen LogP contribution in [-0.4, -0.2) is 24.0 Å². The van der Waals surface area contributed by atoms with Crippen molar-refractivity contribution in [3.05, 3.63) is 34.5 Å². The Labute approximate surface area is 88.3 Å². The van der Waals surface area contributed by atoms with Crippen molar-refractivity contribution in [3.8, 4) is 0 Å². The van der Waals surface area contributed by atoms with Crippen molar-refractivity contribution in [2.75, 3.05) is 13.2 Å². The molecule has 0 aliphatic carbocycles. The van der Waals surface area contributed by atoms with Crippen molar-refractivity contribution in [1.29, 1.82) is 0 Å². The molecular weight excluding hydrogens is 230 g/mol. The summed E-state index contributed by atoms with van der Waals surface area (Å²) in [7, 11) is 0. The minimum atomic E-state index is -4.40. The summed E-state index contributed by atoms with van der Waals surface area (Å²) >= 11 is 0. The molecule has 0 radical (unpaired) electrons. The fourth-order valence-corrected chi connectivity index (χ4v) is 1.03. The van der Waals surface area contributed by atoms with Gasteiger partial charge in [0.2, 0.25) is 0 Å². The molecule has 0 saturated carbocycles. The Balaban J connectivity index is 2.43. The Bertz CT molecular complexity index is 399. The molecule has 16 heavy (non-hydrogen) atoms. The lowest BCUT2D eigenvalue weighted by atomic mass is 10.4. The van der Waals surface area contributed by atoms with E-state index in [9.17, 15) is 22.4 Å². The third-order valence-electron chi connectivity index (χ3n) is 1.69. The maximum Gasteiger partial charge on any atom is 0.411 e. The summed E-state index contributed by atoms with van der Waals surface area (Å²) in [6.45, 7) is -1.80. The number of hydrogen-bond acceptors (Lipinski definition) is 2. The molecule has 1 rings (SSSR count). The number of rotatable bonds is 4. The van der Waals surface area contributed by atoms with Crippen molar-refractivity contribution >= 4 is 0 Å². The molecule has 0 spiro atoms. The van der Waals surface area contributed by atoms with Crippen LogP contribution in [0.15, 0.2) is 23.1 Å². The minimum Gasteiger partial charge on any atom is -0.370 e. The first-order chi connectivity index (χ1) is 7.38. The fraction of sp³-hybridized carbons (Fsp3) is 0.444. The second kappa shape index (κ2) is 5.11. The molecule has 0 atom stereocenters. The second-order valence-corrected chi connectivity index (χ2v) is 3.05. The van der Waals surface area contributed by atoms with Gasteiger partial charge in [0.25, 0.3) is 5.56 Å². The van der Waals surface area contributed by atoms with Gasteiger partial charge in [-0.05, 0) is 6.07 Å². The summed E-state index contributed by atoms with van der Waals surface area (Å²) < 4.78 is 52.9. The number of halogens is 4. The normalized spacial score (nSPS) is 11.8. The van der Waals surface area contributed by atoms with Crippen LogP contribution < -0.4 is 5.56 Å². The molecule has 1 heterocycles. The molecule has 7 heteroatoms. The lowest BCUT2D eigenvalue weighted by Gasteiger charge is -2.08. The highest BCUT2D eigenvalue weighted by Crippen LogP contribution is 2.14. The SMILES string of the molecule is O=c1ccc(F)cn1CCOCC(F)(F)F. The van der Waals surface area contributed by atoms with E-state index in [0.29, 0.717) is 0 Å². The Morgan fingerprint density at radius 3 is 2.62 bits per heavy atom. The molecule has 0 aliphatic heterocycles. The van der Waals surface area contributed by atoms with Crippen LogP contribution in [0.25, 0.3) is 0 Å². The van der Waals surface area contributed by atoms with E-state index < -0.39 is 24.2 Å². The van der Waals surface area contributed by atoms with E-state index in [-0.39, 0.29) is 13.2 Å². The number of ether oxygens (including phenoxy) is 1. The van der Waals surface area contributed by atoms with Gasteiger partial charge >= 0.3 is 6.18 Å². The molecular formula is C9H9F4NO2. The van der Waals surface area contributed by atoms with Crippen LogP contribution in [0.2, 0.25) is 0 Å². The van der Waals surface area contributed by atoms with Gasteiger partial charge in [-0.3, -0.25) is 4.79 Å². The van der Waals surface area contributed by atoms with Gasteiger partial charge < -0.3 is 9.30 Å². The Kier molecular flexibility index (Phi) is 4.05.